The standard InChI is InChI=1S/C20H16Cl2FN3O5/c21-12-3-1-11(2-4-12)18-25-26-19(31-18)20-29-8-13(9-30-20)24-17(27)10-28-14-5-6-15(22)16(23)7-14/h1-7,13,20H,8-10H2,(H,24,27)/t13-,20-. The summed E-state index contributed by atoms with van der Waals surface area (Å²) in [6.45, 7) is 0.0460. The average Bonchev–Trinajstić information content (AvgIpc) is 3.26. The van der Waals surface area contributed by atoms with Crippen molar-refractivity contribution in [2.24, 2.45) is 0 Å². The van der Waals surface area contributed by atoms with E-state index in [-0.39, 0.29) is 36.5 Å². The van der Waals surface area contributed by atoms with E-state index < -0.39 is 24.1 Å². The Kier molecular flexibility index (Phi) is 6.67. The van der Waals surface area contributed by atoms with Gasteiger partial charge in [0.15, 0.2) is 6.61 Å². The molecule has 1 amide bonds. The summed E-state index contributed by atoms with van der Waals surface area (Å²) in [7, 11) is 0. The van der Waals surface area contributed by atoms with Gasteiger partial charge in [-0.25, -0.2) is 4.39 Å². The van der Waals surface area contributed by atoms with Crippen molar-refractivity contribution in [2.75, 3.05) is 19.8 Å². The van der Waals surface area contributed by atoms with E-state index in [2.05, 4.69) is 15.5 Å². The summed E-state index contributed by atoms with van der Waals surface area (Å²) >= 11 is 11.5. The van der Waals surface area contributed by atoms with Gasteiger partial charge in [0, 0.05) is 16.7 Å². The van der Waals surface area contributed by atoms with E-state index in [1.165, 1.54) is 12.1 Å². The maximum Gasteiger partial charge on any atom is 0.273 e. The molecule has 0 aliphatic carbocycles. The fraction of sp³-hybridized carbons (Fsp3) is 0.250. The van der Waals surface area contributed by atoms with Crippen LogP contribution in [0, 0.1) is 5.82 Å². The van der Waals surface area contributed by atoms with Crippen molar-refractivity contribution in [3.63, 3.8) is 0 Å². The summed E-state index contributed by atoms with van der Waals surface area (Å²) in [6.07, 6.45) is -0.838. The van der Waals surface area contributed by atoms with Gasteiger partial charge in [-0.1, -0.05) is 23.2 Å². The molecule has 3 aromatic rings. The Morgan fingerprint density at radius 3 is 2.58 bits per heavy atom. The van der Waals surface area contributed by atoms with Gasteiger partial charge >= 0.3 is 0 Å². The van der Waals surface area contributed by atoms with Crippen LogP contribution in [0.2, 0.25) is 10.0 Å². The zero-order valence-electron chi connectivity index (χ0n) is 15.9. The van der Waals surface area contributed by atoms with Crippen molar-refractivity contribution in [1.82, 2.24) is 15.5 Å². The van der Waals surface area contributed by atoms with Gasteiger partial charge in [-0.2, -0.15) is 0 Å². The molecule has 1 aliphatic heterocycles. The molecule has 2 aromatic carbocycles. The van der Waals surface area contributed by atoms with Crippen LogP contribution in [0.15, 0.2) is 46.9 Å². The summed E-state index contributed by atoms with van der Waals surface area (Å²) in [5, 5.41) is 11.2. The molecule has 4 rings (SSSR count). The molecule has 31 heavy (non-hydrogen) atoms. The van der Waals surface area contributed by atoms with Gasteiger partial charge in [0.25, 0.3) is 11.8 Å². The smallest absolute Gasteiger partial charge is 0.273 e. The number of carbonyl (C=O) groups excluding carboxylic acids is 1. The van der Waals surface area contributed by atoms with E-state index in [9.17, 15) is 9.18 Å². The Hall–Kier alpha value is -2.72. The number of nitrogens with zero attached hydrogens (tertiary/aromatic N) is 2. The van der Waals surface area contributed by atoms with Gasteiger partial charge in [0.2, 0.25) is 12.2 Å². The number of hydrogen-bond acceptors (Lipinski definition) is 7. The second-order valence-electron chi connectivity index (χ2n) is 6.58. The molecule has 0 bridgehead atoms. The molecule has 1 aliphatic rings. The zero-order chi connectivity index (χ0) is 21.8. The molecule has 0 atom stereocenters. The predicted octanol–water partition coefficient (Wildman–Crippen LogP) is 3.79. The summed E-state index contributed by atoms with van der Waals surface area (Å²) in [5.41, 5.74) is 0.713. The van der Waals surface area contributed by atoms with Gasteiger partial charge in [-0.15, -0.1) is 10.2 Å². The lowest BCUT2D eigenvalue weighted by Crippen LogP contribution is -2.46. The third kappa shape index (κ3) is 5.50. The van der Waals surface area contributed by atoms with Gasteiger partial charge < -0.3 is 23.9 Å². The first-order valence-electron chi connectivity index (χ1n) is 9.17. The van der Waals surface area contributed by atoms with E-state index in [0.717, 1.165) is 6.07 Å². The van der Waals surface area contributed by atoms with Gasteiger partial charge in [-0.3, -0.25) is 4.79 Å². The van der Waals surface area contributed by atoms with Crippen LogP contribution in [0.3, 0.4) is 0 Å². The van der Waals surface area contributed by atoms with Crippen molar-refractivity contribution in [1.29, 1.82) is 0 Å². The SMILES string of the molecule is O=C(COc1ccc(Cl)c(F)c1)N[C@H]1CO[C@H](c2nnc(-c3ccc(Cl)cc3)o2)OC1. The molecule has 1 saturated heterocycles. The number of halogens is 3. The van der Waals surface area contributed by atoms with Crippen molar-refractivity contribution in [3.05, 3.63) is 64.2 Å². The highest BCUT2D eigenvalue weighted by molar-refractivity contribution is 6.31. The molecule has 0 spiro atoms. The van der Waals surface area contributed by atoms with E-state index in [0.29, 0.717) is 16.5 Å². The molecule has 8 nitrogen and oxygen atoms in total. The van der Waals surface area contributed by atoms with E-state index in [1.54, 1.807) is 24.3 Å². The molecule has 0 radical (unpaired) electrons. The second kappa shape index (κ2) is 9.61. The van der Waals surface area contributed by atoms with Crippen LogP contribution in [0.1, 0.15) is 12.2 Å². The molecule has 2 heterocycles. The maximum atomic E-state index is 13.4. The summed E-state index contributed by atoms with van der Waals surface area (Å²) in [5.74, 6) is -0.359. The first-order chi connectivity index (χ1) is 15.0. The van der Waals surface area contributed by atoms with Crippen molar-refractivity contribution < 1.29 is 27.8 Å². The number of hydrogen-bond donors (Lipinski definition) is 1. The van der Waals surface area contributed by atoms with Crippen LogP contribution in [0.25, 0.3) is 11.5 Å². The molecule has 1 aromatic heterocycles. The highest BCUT2D eigenvalue weighted by Crippen LogP contribution is 2.26. The van der Waals surface area contributed by atoms with E-state index in [4.69, 9.17) is 41.8 Å². The number of ether oxygens (including phenoxy) is 3. The quantitative estimate of drug-likeness (QED) is 0.588. The Morgan fingerprint density at radius 1 is 1.13 bits per heavy atom. The number of nitrogens with one attached hydrogen (secondary N) is 1. The van der Waals surface area contributed by atoms with Crippen molar-refractivity contribution in [2.45, 2.75) is 12.3 Å². The molecule has 0 unspecified atom stereocenters. The lowest BCUT2D eigenvalue weighted by atomic mass is 10.2. The van der Waals surface area contributed by atoms with Crippen LogP contribution in [0.4, 0.5) is 4.39 Å². The summed E-state index contributed by atoms with van der Waals surface area (Å²) in [4.78, 5) is 12.1. The topological polar surface area (TPSA) is 95.7 Å². The highest BCUT2D eigenvalue weighted by Gasteiger charge is 2.29. The number of carbonyl (C=O) groups is 1. The second-order valence-corrected chi connectivity index (χ2v) is 7.42. The monoisotopic (exact) mass is 467 g/mol. The zero-order valence-corrected chi connectivity index (χ0v) is 17.4. The maximum absolute atomic E-state index is 13.4. The highest BCUT2D eigenvalue weighted by atomic mass is 35.5. The molecule has 162 valence electrons. The molecular weight excluding hydrogens is 452 g/mol. The van der Waals surface area contributed by atoms with Crippen molar-refractivity contribution in [3.8, 4) is 17.2 Å². The lowest BCUT2D eigenvalue weighted by Gasteiger charge is -2.27. The van der Waals surface area contributed by atoms with Crippen LogP contribution in [0.5, 0.6) is 5.75 Å². The summed E-state index contributed by atoms with van der Waals surface area (Å²) in [6, 6.07) is 10.5. The van der Waals surface area contributed by atoms with Crippen LogP contribution >= 0.6 is 23.2 Å². The Balaban J connectivity index is 1.24. The van der Waals surface area contributed by atoms with Gasteiger partial charge in [0.05, 0.1) is 24.3 Å². The number of benzene rings is 2. The Morgan fingerprint density at radius 2 is 1.87 bits per heavy atom. The summed E-state index contributed by atoms with van der Waals surface area (Å²) < 4.78 is 35.4. The number of aromatic nitrogens is 2. The van der Waals surface area contributed by atoms with Gasteiger partial charge in [-0.05, 0) is 36.4 Å². The fourth-order valence-electron chi connectivity index (χ4n) is 2.75. The number of amides is 1. The van der Waals surface area contributed by atoms with Gasteiger partial charge in [0.1, 0.15) is 11.6 Å². The third-order valence-corrected chi connectivity index (χ3v) is 4.82. The largest absolute Gasteiger partial charge is 0.484 e. The fourth-order valence-corrected chi connectivity index (χ4v) is 3.00. The van der Waals surface area contributed by atoms with Crippen LogP contribution in [-0.4, -0.2) is 42.0 Å². The lowest BCUT2D eigenvalue weighted by molar-refractivity contribution is -0.205. The predicted molar refractivity (Wildman–Crippen MR) is 108 cm³/mol. The third-order valence-electron chi connectivity index (χ3n) is 4.26. The minimum absolute atomic E-state index is 0.0237. The average molecular weight is 468 g/mol. The van der Waals surface area contributed by atoms with Crippen molar-refractivity contribution >= 4 is 29.1 Å². The Bertz CT molecular complexity index is 1060. The minimum Gasteiger partial charge on any atom is -0.484 e. The Labute approximate surface area is 186 Å². The minimum atomic E-state index is -0.838. The molecule has 1 fully saturated rings. The first-order valence-corrected chi connectivity index (χ1v) is 9.93. The molecule has 0 saturated carbocycles. The normalized spacial score (nSPS) is 18.5. The molecular formula is C20H16Cl2FN3O5. The van der Waals surface area contributed by atoms with E-state index >= 15 is 0 Å². The van der Waals surface area contributed by atoms with Crippen LogP contribution in [-0.2, 0) is 14.3 Å². The van der Waals surface area contributed by atoms with Crippen LogP contribution < -0.4 is 10.1 Å². The van der Waals surface area contributed by atoms with E-state index in [1.807, 2.05) is 0 Å². The first kappa shape index (κ1) is 21.5. The molecule has 1 N–H and O–H groups in total. The number of rotatable bonds is 6. The molecule has 11 heteroatoms.